The molecule has 2 N–H and O–H groups in total. The van der Waals surface area contributed by atoms with Crippen molar-refractivity contribution in [1.29, 1.82) is 0 Å². The van der Waals surface area contributed by atoms with Gasteiger partial charge in [-0.1, -0.05) is 24.6 Å². The molecule has 4 aliphatic rings. The molecule has 1 aromatic rings. The summed E-state index contributed by atoms with van der Waals surface area (Å²) in [7, 11) is 1.18. The standard InChI is InChI=1S/C40H48FN3O21/c1-37-14-13-25(45)18-24(37)10-11-27-28-19-31(46)40(38(28,2)20-32(47)39(27,37)41,64-34(49)8-6-16-61-42(52)53)33(48)22-60-36(51)63-29-12-9-23(17-30(29)58-3)35(50)59-15-5-4-7-26(65-44(56)57)21-62-43(54)55/h9-10,12-14,17,26-28,31-32,46-47H,4-8,11,15-16,18-22H2,1-3H3/t26?,27?,28?,31-,32+,37+,38+,39+,40+/m1/s1. The van der Waals surface area contributed by atoms with Gasteiger partial charge in [-0.2, -0.15) is 0 Å². The number of alkyl halides is 1. The lowest BCUT2D eigenvalue weighted by Gasteiger charge is -2.62. The number of hydrogen-bond donors (Lipinski definition) is 2. The van der Waals surface area contributed by atoms with E-state index in [9.17, 15) is 64.5 Å². The van der Waals surface area contributed by atoms with E-state index in [1.54, 1.807) is 13.0 Å². The molecule has 4 aliphatic carbocycles. The van der Waals surface area contributed by atoms with Crippen LogP contribution in [0.2, 0.25) is 0 Å². The summed E-state index contributed by atoms with van der Waals surface area (Å²) in [6.07, 6.45) is -3.35. The van der Waals surface area contributed by atoms with Gasteiger partial charge >= 0.3 is 18.1 Å². The Kier molecular flexibility index (Phi) is 15.3. The van der Waals surface area contributed by atoms with E-state index in [0.29, 0.717) is 5.57 Å². The largest absolute Gasteiger partial charge is 0.514 e. The zero-order valence-electron chi connectivity index (χ0n) is 35.4. The van der Waals surface area contributed by atoms with E-state index in [4.69, 9.17) is 23.7 Å². The monoisotopic (exact) mass is 925 g/mol. The fourth-order valence-corrected chi connectivity index (χ4v) is 9.83. The Labute approximate surface area is 368 Å². The number of methoxy groups -OCH3 is 1. The molecular weight excluding hydrogens is 877 g/mol. The molecule has 0 spiro atoms. The number of halogens is 1. The van der Waals surface area contributed by atoms with Gasteiger partial charge in [-0.15, -0.1) is 30.3 Å². The van der Waals surface area contributed by atoms with Crippen LogP contribution in [0.15, 0.2) is 42.0 Å². The normalized spacial score (nSPS) is 29.0. The Morgan fingerprint density at radius 1 is 0.923 bits per heavy atom. The highest BCUT2D eigenvalue weighted by Gasteiger charge is 2.78. The molecule has 9 atom stereocenters. The molecule has 5 rings (SSSR count). The summed E-state index contributed by atoms with van der Waals surface area (Å²) in [6.45, 7) is 0.465. The minimum atomic E-state index is -2.56. The van der Waals surface area contributed by atoms with Crippen molar-refractivity contribution in [3.8, 4) is 11.5 Å². The van der Waals surface area contributed by atoms with Crippen LogP contribution in [0, 0.1) is 53.0 Å². The molecule has 0 aliphatic heterocycles. The predicted molar refractivity (Wildman–Crippen MR) is 210 cm³/mol. The molecule has 0 saturated heterocycles. The van der Waals surface area contributed by atoms with Gasteiger partial charge in [0.2, 0.25) is 11.4 Å². The average molecular weight is 926 g/mol. The highest BCUT2D eigenvalue weighted by atomic mass is 19.1. The molecule has 2 fully saturated rings. The summed E-state index contributed by atoms with van der Waals surface area (Å²) in [5.41, 5.74) is -7.68. The molecule has 0 radical (unpaired) electrons. The molecule has 1 aromatic carbocycles. The Bertz CT molecular complexity index is 2120. The van der Waals surface area contributed by atoms with Gasteiger partial charge in [0.1, 0.15) is 18.8 Å². The van der Waals surface area contributed by atoms with E-state index < -0.39 is 124 Å². The van der Waals surface area contributed by atoms with Crippen LogP contribution in [0.25, 0.3) is 0 Å². The number of Topliss-reactive ketones (excluding diaryl/α,β-unsaturated/α-hetero) is 1. The zero-order valence-corrected chi connectivity index (χ0v) is 35.4. The van der Waals surface area contributed by atoms with Crippen LogP contribution in [0.5, 0.6) is 11.5 Å². The van der Waals surface area contributed by atoms with Crippen molar-refractivity contribution >= 4 is 29.7 Å². The van der Waals surface area contributed by atoms with E-state index in [-0.39, 0.29) is 74.4 Å². The third-order valence-corrected chi connectivity index (χ3v) is 12.9. The maximum absolute atomic E-state index is 17.8. The van der Waals surface area contributed by atoms with Crippen LogP contribution in [-0.2, 0) is 43.1 Å². The number of benzene rings is 1. The Morgan fingerprint density at radius 2 is 1.65 bits per heavy atom. The lowest BCUT2D eigenvalue weighted by atomic mass is 9.45. The van der Waals surface area contributed by atoms with Crippen LogP contribution in [0.1, 0.15) is 82.0 Å². The number of hydrogen-bond acceptors (Lipinski definition) is 21. The molecule has 0 heterocycles. The van der Waals surface area contributed by atoms with Crippen molar-refractivity contribution < 1.29 is 92.0 Å². The van der Waals surface area contributed by atoms with E-state index >= 15 is 4.39 Å². The number of aliphatic hydroxyl groups excluding tert-OH is 2. The third-order valence-electron chi connectivity index (χ3n) is 12.9. The van der Waals surface area contributed by atoms with Crippen molar-refractivity contribution in [2.24, 2.45) is 22.7 Å². The van der Waals surface area contributed by atoms with Crippen molar-refractivity contribution in [2.45, 2.75) is 101 Å². The fraction of sp³-hybridized carbons (Fsp3) is 0.625. The summed E-state index contributed by atoms with van der Waals surface area (Å²) in [5, 5.41) is 52.0. The third kappa shape index (κ3) is 10.1. The molecule has 356 valence electrons. The quantitative estimate of drug-likeness (QED) is 0.0319. The van der Waals surface area contributed by atoms with Gasteiger partial charge in [-0.3, -0.25) is 14.4 Å². The second-order valence-electron chi connectivity index (χ2n) is 16.4. The second kappa shape index (κ2) is 20.1. The van der Waals surface area contributed by atoms with Crippen LogP contribution < -0.4 is 9.47 Å². The maximum atomic E-state index is 17.8. The first-order valence-electron chi connectivity index (χ1n) is 20.4. The number of nitrogens with zero attached hydrogens (tertiary/aromatic N) is 3. The number of fused-ring (bicyclic) bond motifs is 5. The van der Waals surface area contributed by atoms with Crippen molar-refractivity contribution in [3.63, 3.8) is 0 Å². The maximum Gasteiger partial charge on any atom is 0.514 e. The number of allylic oxidation sites excluding steroid dienone is 4. The number of rotatable bonds is 22. The topological polar surface area (TPSA) is 329 Å². The van der Waals surface area contributed by atoms with E-state index in [1.165, 1.54) is 32.3 Å². The number of unbranched alkanes of at least 4 members (excludes halogenated alkanes) is 1. The van der Waals surface area contributed by atoms with Crippen molar-refractivity contribution in [1.82, 2.24) is 0 Å². The van der Waals surface area contributed by atoms with Gasteiger partial charge in [0, 0.05) is 29.6 Å². The fourth-order valence-electron chi connectivity index (χ4n) is 9.83. The molecular formula is C40H48FN3O21. The van der Waals surface area contributed by atoms with E-state index in [2.05, 4.69) is 14.5 Å². The molecule has 65 heavy (non-hydrogen) atoms. The first kappa shape index (κ1) is 49.5. The van der Waals surface area contributed by atoms with Crippen molar-refractivity contribution in [3.05, 3.63) is 77.9 Å². The number of ketones is 2. The molecule has 0 aromatic heterocycles. The summed E-state index contributed by atoms with van der Waals surface area (Å²) in [5.74, 6) is -5.84. The average Bonchev–Trinajstić information content (AvgIpc) is 3.45. The zero-order chi connectivity index (χ0) is 47.9. The molecule has 2 saturated carbocycles. The van der Waals surface area contributed by atoms with Gasteiger partial charge in [0.25, 0.3) is 15.3 Å². The summed E-state index contributed by atoms with van der Waals surface area (Å²) >= 11 is 0. The van der Waals surface area contributed by atoms with Crippen LogP contribution in [0.4, 0.5) is 9.18 Å². The first-order chi connectivity index (χ1) is 30.6. The smallest absolute Gasteiger partial charge is 0.493 e. The lowest BCUT2D eigenvalue weighted by molar-refractivity contribution is -0.790. The van der Waals surface area contributed by atoms with Gasteiger partial charge < -0.3 is 48.4 Å². The number of ether oxygens (including phenoxy) is 5. The lowest BCUT2D eigenvalue weighted by Crippen LogP contribution is -2.70. The highest BCUT2D eigenvalue weighted by molar-refractivity contribution is 5.95. The number of carbonyl (C=O) groups is 5. The minimum absolute atomic E-state index is 0.000215. The van der Waals surface area contributed by atoms with Gasteiger partial charge in [-0.25, -0.2) is 14.0 Å². The Morgan fingerprint density at radius 3 is 2.32 bits per heavy atom. The van der Waals surface area contributed by atoms with Gasteiger partial charge in [0.05, 0.1) is 32.0 Å². The molecule has 24 nitrogen and oxygen atoms in total. The SMILES string of the molecule is COc1cc(C(=O)OCCCCC(CO[N+](=O)[O-])O[N+](=O)[O-])ccc1OC(=O)OCC(=O)[C@@]1(OC(=O)CCCO[N+](=O)[O-])[C@H](O)CC2C3CC=C4CC(=O)C=C[C@]4(C)[C@@]3(F)[C@@H](O)C[C@@]21C. The van der Waals surface area contributed by atoms with E-state index in [1.807, 2.05) is 0 Å². The van der Waals surface area contributed by atoms with Crippen molar-refractivity contribution in [2.75, 3.05) is 33.5 Å². The van der Waals surface area contributed by atoms with Crippen LogP contribution >= 0.6 is 0 Å². The predicted octanol–water partition coefficient (Wildman–Crippen LogP) is 3.50. The molecule has 3 unspecified atom stereocenters. The second-order valence-corrected chi connectivity index (χ2v) is 16.4. The highest BCUT2D eigenvalue weighted by Crippen LogP contribution is 2.70. The van der Waals surface area contributed by atoms with Gasteiger partial charge in [0.15, 0.2) is 29.6 Å². The summed E-state index contributed by atoms with van der Waals surface area (Å²) in [4.78, 5) is 110. The molecule has 0 amide bonds. The number of carbonyl (C=O) groups excluding carboxylic acids is 5. The van der Waals surface area contributed by atoms with E-state index in [0.717, 1.165) is 12.1 Å². The van der Waals surface area contributed by atoms with Crippen LogP contribution in [-0.4, -0.2) is 118 Å². The Hall–Kier alpha value is -6.50. The first-order valence-corrected chi connectivity index (χ1v) is 20.4. The Balaban J connectivity index is 1.28. The summed E-state index contributed by atoms with van der Waals surface area (Å²) in [6, 6.07) is 3.48. The minimum Gasteiger partial charge on any atom is -0.493 e. The number of esters is 2. The molecule has 0 bridgehead atoms. The molecule has 25 heteroatoms. The van der Waals surface area contributed by atoms with Gasteiger partial charge in [-0.05, 0) is 82.1 Å². The summed E-state index contributed by atoms with van der Waals surface area (Å²) < 4.78 is 44.5. The number of aliphatic hydroxyl groups is 2. The van der Waals surface area contributed by atoms with Crippen LogP contribution in [0.3, 0.4) is 0 Å².